The summed E-state index contributed by atoms with van der Waals surface area (Å²) in [4.78, 5) is 11.2. The molecule has 0 spiro atoms. The normalized spacial score (nSPS) is 10.3. The third-order valence-corrected chi connectivity index (χ3v) is 3.29. The maximum absolute atomic E-state index is 11.2. The van der Waals surface area contributed by atoms with Crippen LogP contribution in [0.1, 0.15) is 15.9 Å². The van der Waals surface area contributed by atoms with Gasteiger partial charge in [0.15, 0.2) is 0 Å². The molecule has 2 rings (SSSR count). The number of benzene rings is 2. The number of carbonyl (C=O) groups is 1. The molecule has 0 amide bonds. The van der Waals surface area contributed by atoms with E-state index in [9.17, 15) is 4.79 Å². The average Bonchev–Trinajstić information content (AvgIpc) is 2.36. The molecule has 2 aromatic rings. The van der Waals surface area contributed by atoms with Crippen molar-refractivity contribution in [2.75, 3.05) is 0 Å². The molecular formula is C14H10Cl2O3. The van der Waals surface area contributed by atoms with E-state index in [1.165, 1.54) is 6.07 Å². The fourth-order valence-electron chi connectivity index (χ4n) is 1.61. The molecule has 98 valence electrons. The lowest BCUT2D eigenvalue weighted by Gasteiger charge is -2.12. The Hall–Kier alpha value is -1.71. The van der Waals surface area contributed by atoms with E-state index in [1.54, 1.807) is 37.3 Å². The van der Waals surface area contributed by atoms with Crippen LogP contribution in [0, 0.1) is 6.92 Å². The van der Waals surface area contributed by atoms with Gasteiger partial charge in [-0.25, -0.2) is 4.79 Å². The molecule has 5 heteroatoms. The highest BCUT2D eigenvalue weighted by molar-refractivity contribution is 6.42. The van der Waals surface area contributed by atoms with Crippen LogP contribution in [0.2, 0.25) is 10.0 Å². The molecule has 0 fully saturated rings. The van der Waals surface area contributed by atoms with Crippen molar-refractivity contribution in [2.24, 2.45) is 0 Å². The summed E-state index contributed by atoms with van der Waals surface area (Å²) in [6, 6.07) is 9.70. The first-order valence-electron chi connectivity index (χ1n) is 5.45. The number of rotatable bonds is 3. The van der Waals surface area contributed by atoms with Crippen molar-refractivity contribution in [3.63, 3.8) is 0 Å². The maximum Gasteiger partial charge on any atom is 0.339 e. The minimum Gasteiger partial charge on any atom is -0.478 e. The Kier molecular flexibility index (Phi) is 3.98. The highest BCUT2D eigenvalue weighted by atomic mass is 35.5. The van der Waals surface area contributed by atoms with Gasteiger partial charge in [0.05, 0.1) is 10.0 Å². The van der Waals surface area contributed by atoms with Gasteiger partial charge in [0.1, 0.15) is 17.1 Å². The summed E-state index contributed by atoms with van der Waals surface area (Å²) in [5.41, 5.74) is 0.831. The second-order valence-electron chi connectivity index (χ2n) is 3.93. The van der Waals surface area contributed by atoms with Crippen molar-refractivity contribution < 1.29 is 14.6 Å². The van der Waals surface area contributed by atoms with Gasteiger partial charge < -0.3 is 9.84 Å². The largest absolute Gasteiger partial charge is 0.478 e. The van der Waals surface area contributed by atoms with E-state index in [0.29, 0.717) is 21.5 Å². The number of halogens is 2. The molecule has 0 radical (unpaired) electrons. The molecule has 0 heterocycles. The smallest absolute Gasteiger partial charge is 0.339 e. The second kappa shape index (κ2) is 5.51. The lowest BCUT2D eigenvalue weighted by molar-refractivity contribution is 0.0694. The highest BCUT2D eigenvalue weighted by Gasteiger charge is 2.14. The van der Waals surface area contributed by atoms with E-state index < -0.39 is 5.97 Å². The van der Waals surface area contributed by atoms with Crippen LogP contribution in [-0.2, 0) is 0 Å². The Labute approximate surface area is 120 Å². The molecule has 0 aliphatic rings. The summed E-state index contributed by atoms with van der Waals surface area (Å²) < 4.78 is 5.61. The van der Waals surface area contributed by atoms with Gasteiger partial charge in [0.25, 0.3) is 0 Å². The summed E-state index contributed by atoms with van der Waals surface area (Å²) in [6.07, 6.45) is 0. The second-order valence-corrected chi connectivity index (χ2v) is 4.75. The van der Waals surface area contributed by atoms with E-state index in [4.69, 9.17) is 33.0 Å². The van der Waals surface area contributed by atoms with Gasteiger partial charge in [0.2, 0.25) is 0 Å². The summed E-state index contributed by atoms with van der Waals surface area (Å²) >= 11 is 11.7. The number of hydrogen-bond donors (Lipinski definition) is 1. The van der Waals surface area contributed by atoms with Crippen LogP contribution >= 0.6 is 23.2 Å². The average molecular weight is 297 g/mol. The SMILES string of the molecule is Cc1cccc(C(=O)O)c1Oc1ccc(Cl)c(Cl)c1. The van der Waals surface area contributed by atoms with E-state index in [0.717, 1.165) is 5.56 Å². The number of para-hydroxylation sites is 1. The Morgan fingerprint density at radius 2 is 1.89 bits per heavy atom. The molecule has 0 bridgehead atoms. The zero-order valence-electron chi connectivity index (χ0n) is 9.98. The third kappa shape index (κ3) is 3.00. The Balaban J connectivity index is 2.42. The van der Waals surface area contributed by atoms with Gasteiger partial charge in [-0.1, -0.05) is 35.3 Å². The van der Waals surface area contributed by atoms with Crippen molar-refractivity contribution >= 4 is 29.2 Å². The van der Waals surface area contributed by atoms with Crippen molar-refractivity contribution in [3.05, 3.63) is 57.6 Å². The summed E-state index contributed by atoms with van der Waals surface area (Å²) in [6.45, 7) is 1.78. The van der Waals surface area contributed by atoms with E-state index in [-0.39, 0.29) is 5.56 Å². The molecule has 1 N–H and O–H groups in total. The van der Waals surface area contributed by atoms with Crippen molar-refractivity contribution in [1.82, 2.24) is 0 Å². The molecule has 0 aliphatic carbocycles. The molecule has 0 unspecified atom stereocenters. The summed E-state index contributed by atoms with van der Waals surface area (Å²) in [5.74, 6) is -0.307. The van der Waals surface area contributed by atoms with Crippen molar-refractivity contribution in [3.8, 4) is 11.5 Å². The summed E-state index contributed by atoms with van der Waals surface area (Å²) in [7, 11) is 0. The number of aryl methyl sites for hydroxylation is 1. The number of aromatic carboxylic acids is 1. The lowest BCUT2D eigenvalue weighted by Crippen LogP contribution is -2.01. The molecule has 2 aromatic carbocycles. The third-order valence-electron chi connectivity index (χ3n) is 2.55. The maximum atomic E-state index is 11.2. The van der Waals surface area contributed by atoms with Crippen molar-refractivity contribution in [1.29, 1.82) is 0 Å². The van der Waals surface area contributed by atoms with Crippen LogP contribution in [0.5, 0.6) is 11.5 Å². The standard InChI is InChI=1S/C14H10Cl2O3/c1-8-3-2-4-10(14(17)18)13(8)19-9-5-6-11(15)12(16)7-9/h2-7H,1H3,(H,17,18). The molecule has 0 atom stereocenters. The molecule has 0 aliphatic heterocycles. The zero-order valence-corrected chi connectivity index (χ0v) is 11.5. The van der Waals surface area contributed by atoms with Gasteiger partial charge in [-0.15, -0.1) is 0 Å². The molecular weight excluding hydrogens is 287 g/mol. The first kappa shape index (κ1) is 13.7. The van der Waals surface area contributed by atoms with Gasteiger partial charge in [-0.3, -0.25) is 0 Å². The minimum atomic E-state index is -1.04. The van der Waals surface area contributed by atoms with E-state index >= 15 is 0 Å². The predicted octanol–water partition coefficient (Wildman–Crippen LogP) is 4.79. The van der Waals surface area contributed by atoms with Gasteiger partial charge in [0, 0.05) is 6.07 Å². The number of hydrogen-bond acceptors (Lipinski definition) is 2. The first-order chi connectivity index (χ1) is 8.99. The van der Waals surface area contributed by atoms with E-state index in [1.807, 2.05) is 0 Å². The van der Waals surface area contributed by atoms with Gasteiger partial charge >= 0.3 is 5.97 Å². The van der Waals surface area contributed by atoms with Gasteiger partial charge in [-0.05, 0) is 30.7 Å². The Morgan fingerprint density at radius 1 is 1.16 bits per heavy atom. The number of carboxylic acid groups (broad SMARTS) is 1. The molecule has 0 saturated carbocycles. The van der Waals surface area contributed by atoms with Gasteiger partial charge in [-0.2, -0.15) is 0 Å². The van der Waals surface area contributed by atoms with Crippen LogP contribution < -0.4 is 4.74 Å². The van der Waals surface area contributed by atoms with Crippen LogP contribution in [0.25, 0.3) is 0 Å². The molecule has 3 nitrogen and oxygen atoms in total. The monoisotopic (exact) mass is 296 g/mol. The Bertz CT molecular complexity index is 639. The highest BCUT2D eigenvalue weighted by Crippen LogP contribution is 2.32. The van der Waals surface area contributed by atoms with Crippen LogP contribution in [0.3, 0.4) is 0 Å². The van der Waals surface area contributed by atoms with E-state index in [2.05, 4.69) is 0 Å². The molecule has 0 saturated heterocycles. The number of ether oxygens (including phenoxy) is 1. The predicted molar refractivity (Wildman–Crippen MR) is 74.7 cm³/mol. The fourth-order valence-corrected chi connectivity index (χ4v) is 1.90. The Morgan fingerprint density at radius 3 is 2.53 bits per heavy atom. The van der Waals surface area contributed by atoms with Crippen LogP contribution in [-0.4, -0.2) is 11.1 Å². The van der Waals surface area contributed by atoms with Crippen molar-refractivity contribution in [2.45, 2.75) is 6.92 Å². The summed E-state index contributed by atoms with van der Waals surface area (Å²) in [5, 5.41) is 9.91. The number of carboxylic acids is 1. The zero-order chi connectivity index (χ0) is 14.0. The lowest BCUT2D eigenvalue weighted by atomic mass is 10.1. The van der Waals surface area contributed by atoms with Crippen LogP contribution in [0.15, 0.2) is 36.4 Å². The topological polar surface area (TPSA) is 46.5 Å². The molecule has 19 heavy (non-hydrogen) atoms. The fraction of sp³-hybridized carbons (Fsp3) is 0.0714. The first-order valence-corrected chi connectivity index (χ1v) is 6.20. The quantitative estimate of drug-likeness (QED) is 0.885. The molecule has 0 aromatic heterocycles. The van der Waals surface area contributed by atoms with Crippen LogP contribution in [0.4, 0.5) is 0 Å². The minimum absolute atomic E-state index is 0.103.